The van der Waals surface area contributed by atoms with Crippen LogP contribution in [-0.2, 0) is 7.05 Å². The lowest BCUT2D eigenvalue weighted by atomic mass is 10.2. The Morgan fingerprint density at radius 1 is 1.31 bits per heavy atom. The van der Waals surface area contributed by atoms with Crippen LogP contribution in [0.2, 0.25) is 0 Å². The van der Waals surface area contributed by atoms with Gasteiger partial charge in [0.1, 0.15) is 13.0 Å². The summed E-state index contributed by atoms with van der Waals surface area (Å²) in [5.41, 5.74) is 0.621. The predicted molar refractivity (Wildman–Crippen MR) is 51.4 cm³/mol. The number of aromatic nitrogens is 1. The molecule has 0 radical (unpaired) electrons. The maximum atomic E-state index is 11.0. The van der Waals surface area contributed by atoms with Crippen LogP contribution in [0.1, 0.15) is 0 Å². The molecule has 6 heteroatoms. The number of rotatable bonds is 2. The van der Waals surface area contributed by atoms with E-state index in [2.05, 4.69) is 0 Å². The number of nitrogens with zero attached hydrogens (tertiary/aromatic N) is 2. The summed E-state index contributed by atoms with van der Waals surface area (Å²) < 4.78 is 6.47. The second kappa shape index (κ2) is 3.65. The molecule has 1 aromatic carbocycles. The average Bonchev–Trinajstić information content (AvgIpc) is 2.58. The zero-order valence-corrected chi connectivity index (χ0v) is 8.41. The molecule has 0 unspecified atom stereocenters. The van der Waals surface area contributed by atoms with Crippen LogP contribution in [0, 0.1) is 10.1 Å². The number of hydrogen-bond acceptors (Lipinski definition) is 4. The SMILES string of the molecule is C[n+]1cc([O-])oc1-c1ccc([N+](=O)[O-])cc1. The molecule has 0 aliphatic carbocycles. The van der Waals surface area contributed by atoms with Crippen molar-refractivity contribution in [1.82, 2.24) is 0 Å². The van der Waals surface area contributed by atoms with Gasteiger partial charge in [-0.1, -0.05) is 0 Å². The molecule has 1 aromatic heterocycles. The number of aryl methyl sites for hydroxylation is 1. The van der Waals surface area contributed by atoms with Gasteiger partial charge in [-0.25, -0.2) is 0 Å². The van der Waals surface area contributed by atoms with Crippen LogP contribution in [0.25, 0.3) is 11.5 Å². The number of non-ortho nitro benzene ring substituents is 1. The largest absolute Gasteiger partial charge is 0.540 e. The van der Waals surface area contributed by atoms with E-state index in [0.717, 1.165) is 0 Å². The first kappa shape index (κ1) is 10.2. The molecule has 0 aliphatic rings. The molecule has 2 aromatic rings. The molecule has 0 atom stereocenters. The van der Waals surface area contributed by atoms with E-state index in [-0.39, 0.29) is 5.69 Å². The van der Waals surface area contributed by atoms with Gasteiger partial charge in [-0.15, -0.1) is 0 Å². The summed E-state index contributed by atoms with van der Waals surface area (Å²) in [7, 11) is 1.67. The second-order valence-electron chi connectivity index (χ2n) is 3.27. The molecule has 16 heavy (non-hydrogen) atoms. The fourth-order valence-electron chi connectivity index (χ4n) is 1.40. The number of hydrogen-bond donors (Lipinski definition) is 0. The van der Waals surface area contributed by atoms with Crippen molar-refractivity contribution in [3.63, 3.8) is 0 Å². The van der Waals surface area contributed by atoms with E-state index >= 15 is 0 Å². The van der Waals surface area contributed by atoms with Crippen molar-refractivity contribution in [2.45, 2.75) is 0 Å². The maximum absolute atomic E-state index is 11.0. The van der Waals surface area contributed by atoms with Crippen LogP contribution in [0.4, 0.5) is 5.69 Å². The normalized spacial score (nSPS) is 10.3. The van der Waals surface area contributed by atoms with Crippen molar-refractivity contribution in [2.75, 3.05) is 0 Å². The third kappa shape index (κ3) is 1.72. The molecule has 0 bridgehead atoms. The van der Waals surface area contributed by atoms with E-state index in [9.17, 15) is 15.2 Å². The number of nitro benzene ring substituents is 1. The quantitative estimate of drug-likeness (QED) is 0.424. The first-order valence-corrected chi connectivity index (χ1v) is 4.49. The minimum absolute atomic E-state index is 0.000283. The van der Waals surface area contributed by atoms with Crippen LogP contribution < -0.4 is 9.67 Å². The second-order valence-corrected chi connectivity index (χ2v) is 3.27. The van der Waals surface area contributed by atoms with Crippen molar-refractivity contribution < 1.29 is 19.0 Å². The van der Waals surface area contributed by atoms with Crippen LogP contribution in [0.5, 0.6) is 5.95 Å². The Bertz CT molecular complexity index is 530. The summed E-state index contributed by atoms with van der Waals surface area (Å²) >= 11 is 0. The summed E-state index contributed by atoms with van der Waals surface area (Å²) in [6.45, 7) is 0. The zero-order chi connectivity index (χ0) is 11.7. The van der Waals surface area contributed by atoms with E-state index in [4.69, 9.17) is 4.42 Å². The molecule has 0 spiro atoms. The molecular formula is C10H8N2O4. The molecule has 82 valence electrons. The Morgan fingerprint density at radius 2 is 1.94 bits per heavy atom. The summed E-state index contributed by atoms with van der Waals surface area (Å²) in [6.07, 6.45) is 1.30. The van der Waals surface area contributed by atoms with E-state index in [1.807, 2.05) is 0 Å². The van der Waals surface area contributed by atoms with Crippen LogP contribution in [0.3, 0.4) is 0 Å². The van der Waals surface area contributed by atoms with E-state index in [1.54, 1.807) is 7.05 Å². The van der Waals surface area contributed by atoms with Gasteiger partial charge in [0.05, 0.1) is 10.5 Å². The minimum Gasteiger partial charge on any atom is -0.540 e. The van der Waals surface area contributed by atoms with Gasteiger partial charge in [-0.3, -0.25) is 10.1 Å². The Hall–Kier alpha value is -2.37. The maximum Gasteiger partial charge on any atom is 0.269 e. The van der Waals surface area contributed by atoms with Gasteiger partial charge in [-0.05, 0) is 12.1 Å². The lowest BCUT2D eigenvalue weighted by Crippen LogP contribution is -2.27. The van der Waals surface area contributed by atoms with Gasteiger partial charge >= 0.3 is 0 Å². The van der Waals surface area contributed by atoms with E-state index in [1.165, 1.54) is 35.0 Å². The van der Waals surface area contributed by atoms with Crippen molar-refractivity contribution in [3.8, 4) is 17.4 Å². The Morgan fingerprint density at radius 3 is 2.38 bits per heavy atom. The summed E-state index contributed by atoms with van der Waals surface area (Å²) in [5, 5.41) is 21.4. The van der Waals surface area contributed by atoms with E-state index in [0.29, 0.717) is 11.5 Å². The van der Waals surface area contributed by atoms with Crippen molar-refractivity contribution in [2.24, 2.45) is 7.05 Å². The number of nitro groups is 1. The molecule has 6 nitrogen and oxygen atoms in total. The Balaban J connectivity index is 2.42. The monoisotopic (exact) mass is 220 g/mol. The Labute approximate surface area is 90.5 Å². The predicted octanol–water partition coefficient (Wildman–Crippen LogP) is 0.753. The fourth-order valence-corrected chi connectivity index (χ4v) is 1.40. The summed E-state index contributed by atoms with van der Waals surface area (Å²) in [5.74, 6) is -0.0734. The standard InChI is InChI=1S/C10H8N2O4/c1-11-6-9(13)16-10(11)7-2-4-8(5-3-7)12(14)15/h2-6H,1H3. The first-order chi connectivity index (χ1) is 7.58. The smallest absolute Gasteiger partial charge is 0.269 e. The van der Waals surface area contributed by atoms with E-state index < -0.39 is 10.9 Å². The van der Waals surface area contributed by atoms with Gasteiger partial charge in [0.2, 0.25) is 0 Å². The van der Waals surface area contributed by atoms with Crippen molar-refractivity contribution >= 4 is 5.69 Å². The lowest BCUT2D eigenvalue weighted by molar-refractivity contribution is -0.663. The first-order valence-electron chi connectivity index (χ1n) is 4.49. The lowest BCUT2D eigenvalue weighted by Gasteiger charge is -1.97. The van der Waals surface area contributed by atoms with Crippen molar-refractivity contribution in [3.05, 3.63) is 40.6 Å². The van der Waals surface area contributed by atoms with Gasteiger partial charge in [-0.2, -0.15) is 4.57 Å². The molecule has 0 amide bonds. The highest BCUT2D eigenvalue weighted by atomic mass is 16.6. The van der Waals surface area contributed by atoms with Crippen molar-refractivity contribution in [1.29, 1.82) is 0 Å². The highest BCUT2D eigenvalue weighted by Gasteiger charge is 2.12. The highest BCUT2D eigenvalue weighted by Crippen LogP contribution is 2.21. The van der Waals surface area contributed by atoms with Gasteiger partial charge in [0.25, 0.3) is 11.6 Å². The third-order valence-corrected chi connectivity index (χ3v) is 2.14. The van der Waals surface area contributed by atoms with Gasteiger partial charge in [0.15, 0.2) is 6.20 Å². The van der Waals surface area contributed by atoms with Crippen LogP contribution in [0.15, 0.2) is 34.9 Å². The van der Waals surface area contributed by atoms with Crippen LogP contribution >= 0.6 is 0 Å². The van der Waals surface area contributed by atoms with Crippen LogP contribution in [-0.4, -0.2) is 4.92 Å². The minimum atomic E-state index is -0.481. The molecule has 0 fully saturated rings. The number of benzene rings is 1. The molecular weight excluding hydrogens is 212 g/mol. The molecule has 0 aliphatic heterocycles. The third-order valence-electron chi connectivity index (χ3n) is 2.14. The van der Waals surface area contributed by atoms with Gasteiger partial charge < -0.3 is 9.52 Å². The molecule has 0 saturated carbocycles. The molecule has 1 heterocycles. The topological polar surface area (TPSA) is 83.2 Å². The summed E-state index contributed by atoms with van der Waals surface area (Å²) in [4.78, 5) is 9.97. The number of oxazole rings is 1. The Kier molecular flexibility index (Phi) is 2.32. The summed E-state index contributed by atoms with van der Waals surface area (Å²) in [6, 6.07) is 5.80. The average molecular weight is 220 g/mol. The fraction of sp³-hybridized carbons (Fsp3) is 0.100. The van der Waals surface area contributed by atoms with Gasteiger partial charge in [0, 0.05) is 12.1 Å². The molecule has 0 saturated heterocycles. The highest BCUT2D eigenvalue weighted by molar-refractivity contribution is 5.53. The molecule has 2 rings (SSSR count). The molecule has 0 N–H and O–H groups in total. The zero-order valence-electron chi connectivity index (χ0n) is 8.41.